The van der Waals surface area contributed by atoms with Gasteiger partial charge in [-0.25, -0.2) is 4.79 Å². The van der Waals surface area contributed by atoms with Crippen molar-refractivity contribution in [1.82, 2.24) is 9.80 Å². The number of aliphatic hydroxyl groups excluding tert-OH is 1. The zero-order valence-corrected chi connectivity index (χ0v) is 17.0. The third kappa shape index (κ3) is 4.84. The highest BCUT2D eigenvalue weighted by Crippen LogP contribution is 2.32. The van der Waals surface area contributed by atoms with Gasteiger partial charge in [0, 0.05) is 6.54 Å². The first-order chi connectivity index (χ1) is 15.1. The zero-order valence-electron chi connectivity index (χ0n) is 17.0. The van der Waals surface area contributed by atoms with Gasteiger partial charge in [0.25, 0.3) is 5.91 Å². The second-order valence-corrected chi connectivity index (χ2v) is 7.41. The Morgan fingerprint density at radius 2 is 1.68 bits per heavy atom. The second kappa shape index (κ2) is 9.59. The number of aliphatic hydroxyl groups is 1. The Hall–Kier alpha value is -3.42. The lowest BCUT2D eigenvalue weighted by Gasteiger charge is -2.22. The zero-order chi connectivity index (χ0) is 21.6. The molecule has 2 aromatic carbocycles. The van der Waals surface area contributed by atoms with Crippen molar-refractivity contribution in [2.24, 2.45) is 0 Å². The van der Waals surface area contributed by atoms with Crippen molar-refractivity contribution in [2.75, 3.05) is 13.2 Å². The molecule has 0 bridgehead atoms. The Morgan fingerprint density at radius 1 is 0.968 bits per heavy atom. The van der Waals surface area contributed by atoms with Crippen molar-refractivity contribution in [2.45, 2.75) is 25.3 Å². The van der Waals surface area contributed by atoms with E-state index in [0.29, 0.717) is 12.3 Å². The third-order valence-electron chi connectivity index (χ3n) is 5.13. The molecule has 2 atom stereocenters. The molecule has 3 amide bonds. The molecular formula is C24H24N2O5. The highest BCUT2D eigenvalue weighted by Gasteiger charge is 2.46. The average Bonchev–Trinajstić information content (AvgIpc) is 3.38. The van der Waals surface area contributed by atoms with Gasteiger partial charge < -0.3 is 19.2 Å². The van der Waals surface area contributed by atoms with Gasteiger partial charge in [-0.15, -0.1) is 0 Å². The predicted octanol–water partition coefficient (Wildman–Crippen LogP) is 3.36. The van der Waals surface area contributed by atoms with Gasteiger partial charge in [0.05, 0.1) is 25.5 Å². The molecule has 0 saturated carbocycles. The summed E-state index contributed by atoms with van der Waals surface area (Å²) < 4.78 is 10.6. The summed E-state index contributed by atoms with van der Waals surface area (Å²) in [5, 5.41) is 10.4. The van der Waals surface area contributed by atoms with Crippen LogP contribution in [0.15, 0.2) is 83.5 Å². The first-order valence-corrected chi connectivity index (χ1v) is 10.1. The van der Waals surface area contributed by atoms with Crippen molar-refractivity contribution >= 4 is 11.9 Å². The Morgan fingerprint density at radius 3 is 2.35 bits per heavy atom. The summed E-state index contributed by atoms with van der Waals surface area (Å²) in [5.41, 5.74) is 1.66. The van der Waals surface area contributed by atoms with E-state index in [2.05, 4.69) is 0 Å². The number of rotatable bonds is 9. The molecule has 0 radical (unpaired) electrons. The smallest absolute Gasteiger partial charge is 0.328 e. The number of furan rings is 1. The molecule has 1 aliphatic rings. The van der Waals surface area contributed by atoms with E-state index >= 15 is 0 Å². The van der Waals surface area contributed by atoms with Gasteiger partial charge >= 0.3 is 6.03 Å². The normalized spacial score (nSPS) is 17.4. The molecule has 3 aromatic rings. The maximum Gasteiger partial charge on any atom is 0.328 e. The molecule has 0 spiro atoms. The van der Waals surface area contributed by atoms with Crippen molar-refractivity contribution in [3.05, 3.63) is 95.9 Å². The fourth-order valence-electron chi connectivity index (χ4n) is 3.66. The van der Waals surface area contributed by atoms with Crippen molar-refractivity contribution in [1.29, 1.82) is 0 Å². The molecular weight excluding hydrogens is 396 g/mol. The number of imide groups is 1. The Kier molecular flexibility index (Phi) is 6.45. The lowest BCUT2D eigenvalue weighted by atomic mass is 10.1. The number of nitrogens with zero attached hydrogens (tertiary/aromatic N) is 2. The van der Waals surface area contributed by atoms with Gasteiger partial charge in [0.2, 0.25) is 0 Å². The lowest BCUT2D eigenvalue weighted by Crippen LogP contribution is -2.40. The van der Waals surface area contributed by atoms with Crippen LogP contribution < -0.4 is 0 Å². The summed E-state index contributed by atoms with van der Waals surface area (Å²) in [6.45, 7) is 0.349. The minimum Gasteiger partial charge on any atom is -0.467 e. The maximum absolute atomic E-state index is 13.2. The van der Waals surface area contributed by atoms with E-state index in [1.54, 1.807) is 23.3 Å². The molecule has 7 nitrogen and oxygen atoms in total. The number of urea groups is 1. The molecule has 1 saturated heterocycles. The van der Waals surface area contributed by atoms with Crippen molar-refractivity contribution < 1.29 is 23.8 Å². The maximum atomic E-state index is 13.2. The standard InChI is InChI=1S/C24H24N2O5/c27-20(16-30-17-21-12-7-13-31-21)15-26-23(28)22(19-10-5-2-6-11-19)25(24(26)29)14-18-8-3-1-4-9-18/h1-13,20,22,27H,14-17H2. The fourth-order valence-corrected chi connectivity index (χ4v) is 3.66. The summed E-state index contributed by atoms with van der Waals surface area (Å²) in [4.78, 5) is 29.0. The summed E-state index contributed by atoms with van der Waals surface area (Å²) in [7, 11) is 0. The Balaban J connectivity index is 1.47. The van der Waals surface area contributed by atoms with Crippen LogP contribution >= 0.6 is 0 Å². The number of hydrogen-bond acceptors (Lipinski definition) is 5. The molecule has 2 heterocycles. The molecule has 1 aliphatic heterocycles. The van der Waals surface area contributed by atoms with Gasteiger partial charge in [-0.2, -0.15) is 0 Å². The van der Waals surface area contributed by atoms with Crippen LogP contribution in [0.5, 0.6) is 0 Å². The minimum atomic E-state index is -1.00. The van der Waals surface area contributed by atoms with Gasteiger partial charge in [-0.1, -0.05) is 60.7 Å². The van der Waals surface area contributed by atoms with E-state index in [1.165, 1.54) is 0 Å². The molecule has 1 aromatic heterocycles. The summed E-state index contributed by atoms with van der Waals surface area (Å²) >= 11 is 0. The topological polar surface area (TPSA) is 83.2 Å². The van der Waals surface area contributed by atoms with Crippen LogP contribution in [-0.4, -0.2) is 46.1 Å². The molecule has 0 aliphatic carbocycles. The van der Waals surface area contributed by atoms with Gasteiger partial charge in [0.1, 0.15) is 18.4 Å². The van der Waals surface area contributed by atoms with E-state index in [-0.39, 0.29) is 25.7 Å². The van der Waals surface area contributed by atoms with E-state index in [1.807, 2.05) is 60.7 Å². The monoisotopic (exact) mass is 420 g/mol. The number of carbonyl (C=O) groups is 2. The highest BCUT2D eigenvalue weighted by molar-refractivity contribution is 6.04. The summed E-state index contributed by atoms with van der Waals surface area (Å²) in [5.74, 6) is 0.288. The highest BCUT2D eigenvalue weighted by atomic mass is 16.5. The van der Waals surface area contributed by atoms with Crippen LogP contribution in [0, 0.1) is 0 Å². The summed E-state index contributed by atoms with van der Waals surface area (Å²) in [6, 6.07) is 21.1. The Bertz CT molecular complexity index is 991. The molecule has 1 N–H and O–H groups in total. The van der Waals surface area contributed by atoms with E-state index < -0.39 is 18.2 Å². The summed E-state index contributed by atoms with van der Waals surface area (Å²) in [6.07, 6.45) is 0.540. The van der Waals surface area contributed by atoms with Crippen molar-refractivity contribution in [3.8, 4) is 0 Å². The molecule has 2 unspecified atom stereocenters. The fraction of sp³-hybridized carbons (Fsp3) is 0.250. The van der Waals surface area contributed by atoms with Crippen LogP contribution in [-0.2, 0) is 22.7 Å². The quantitative estimate of drug-likeness (QED) is 0.537. The lowest BCUT2D eigenvalue weighted by molar-refractivity contribution is -0.129. The Labute approximate surface area is 180 Å². The van der Waals surface area contributed by atoms with E-state index in [4.69, 9.17) is 9.15 Å². The second-order valence-electron chi connectivity index (χ2n) is 7.41. The minimum absolute atomic E-state index is 0.0214. The van der Waals surface area contributed by atoms with Gasteiger partial charge in [0.15, 0.2) is 0 Å². The molecule has 31 heavy (non-hydrogen) atoms. The van der Waals surface area contributed by atoms with Crippen molar-refractivity contribution in [3.63, 3.8) is 0 Å². The number of amides is 3. The average molecular weight is 420 g/mol. The van der Waals surface area contributed by atoms with Crippen LogP contribution in [0.1, 0.15) is 22.9 Å². The molecule has 1 fully saturated rings. The first kappa shape index (κ1) is 20.8. The molecule has 4 rings (SSSR count). The third-order valence-corrected chi connectivity index (χ3v) is 5.13. The van der Waals surface area contributed by atoms with E-state index in [0.717, 1.165) is 16.0 Å². The van der Waals surface area contributed by atoms with Crippen LogP contribution in [0.3, 0.4) is 0 Å². The number of ether oxygens (including phenoxy) is 1. The van der Waals surface area contributed by atoms with Crippen LogP contribution in [0.2, 0.25) is 0 Å². The number of β-amino-alcohol motifs (C(OH)–C–C–N with tert-alkyl or cyclic N) is 1. The molecule has 160 valence electrons. The number of hydrogen-bond donors (Lipinski definition) is 1. The largest absolute Gasteiger partial charge is 0.467 e. The van der Waals surface area contributed by atoms with Gasteiger partial charge in [-0.05, 0) is 23.3 Å². The van der Waals surface area contributed by atoms with Crippen LogP contribution in [0.4, 0.5) is 4.79 Å². The number of carbonyl (C=O) groups excluding carboxylic acids is 2. The SMILES string of the molecule is O=C1C(c2ccccc2)N(Cc2ccccc2)C(=O)N1CC(O)COCc1ccco1. The molecule has 7 heteroatoms. The van der Waals surface area contributed by atoms with E-state index in [9.17, 15) is 14.7 Å². The number of benzene rings is 2. The van der Waals surface area contributed by atoms with Gasteiger partial charge in [-0.3, -0.25) is 9.69 Å². The van der Waals surface area contributed by atoms with Crippen LogP contribution in [0.25, 0.3) is 0 Å². The predicted molar refractivity (Wildman–Crippen MR) is 113 cm³/mol. The first-order valence-electron chi connectivity index (χ1n) is 10.1.